The fourth-order valence-corrected chi connectivity index (χ4v) is 1.57. The highest BCUT2D eigenvalue weighted by molar-refractivity contribution is 7.87. The van der Waals surface area contributed by atoms with E-state index in [0.717, 1.165) is 5.69 Å². The van der Waals surface area contributed by atoms with Crippen molar-refractivity contribution in [2.24, 2.45) is 5.14 Å². The van der Waals surface area contributed by atoms with Crippen molar-refractivity contribution in [1.29, 1.82) is 0 Å². The fraction of sp³-hybridized carbons (Fsp3) is 0.333. The van der Waals surface area contributed by atoms with Crippen molar-refractivity contribution in [2.75, 3.05) is 25.0 Å². The van der Waals surface area contributed by atoms with Gasteiger partial charge in [0.1, 0.15) is 5.75 Å². The van der Waals surface area contributed by atoms with Gasteiger partial charge in [0.25, 0.3) is 10.2 Å². The Labute approximate surface area is 94.9 Å². The molecule has 0 saturated heterocycles. The molecule has 6 nitrogen and oxygen atoms in total. The first kappa shape index (κ1) is 12.8. The Morgan fingerprint density at radius 1 is 1.38 bits per heavy atom. The number of likely N-dealkylation sites (N-methyl/N-ethyl adjacent to an activating group) is 1. The summed E-state index contributed by atoms with van der Waals surface area (Å²) in [5.74, 6) is 0.194. The summed E-state index contributed by atoms with van der Waals surface area (Å²) in [7, 11) is -1.81. The summed E-state index contributed by atoms with van der Waals surface area (Å²) < 4.78 is 23.4. The summed E-state index contributed by atoms with van der Waals surface area (Å²) in [6, 6.07) is 6.62. The average molecular weight is 245 g/mol. The number of aromatic hydroxyl groups is 1. The molecule has 0 aromatic heterocycles. The van der Waals surface area contributed by atoms with Gasteiger partial charge in [0.2, 0.25) is 0 Å². The minimum absolute atomic E-state index is 0.194. The van der Waals surface area contributed by atoms with E-state index in [4.69, 9.17) is 10.2 Å². The highest BCUT2D eigenvalue weighted by atomic mass is 32.2. The lowest BCUT2D eigenvalue weighted by molar-refractivity contribution is 0.475. The molecule has 16 heavy (non-hydrogen) atoms. The summed E-state index contributed by atoms with van der Waals surface area (Å²) in [4.78, 5) is 1.84. The predicted octanol–water partition coefficient (Wildman–Crippen LogP) is -0.378. The quantitative estimate of drug-likeness (QED) is 0.659. The minimum atomic E-state index is -3.63. The Kier molecular flexibility index (Phi) is 4.11. The standard InChI is InChI=1S/C9H15N3O3S/c1-12(7-6-11-16(10,14)15)8-2-4-9(13)5-3-8/h2-5,11,13H,6-7H2,1H3,(H2,10,14,15). The van der Waals surface area contributed by atoms with Crippen LogP contribution in [0.15, 0.2) is 24.3 Å². The second-order valence-corrected chi connectivity index (χ2v) is 4.76. The highest BCUT2D eigenvalue weighted by Crippen LogP contribution is 2.16. The van der Waals surface area contributed by atoms with E-state index in [1.165, 1.54) is 0 Å². The average Bonchev–Trinajstić information content (AvgIpc) is 2.16. The molecule has 0 bridgehead atoms. The monoisotopic (exact) mass is 245 g/mol. The van der Waals surface area contributed by atoms with Crippen molar-refractivity contribution in [1.82, 2.24) is 4.72 Å². The van der Waals surface area contributed by atoms with E-state index in [1.54, 1.807) is 24.3 Å². The van der Waals surface area contributed by atoms with E-state index in [2.05, 4.69) is 4.72 Å². The summed E-state index contributed by atoms with van der Waals surface area (Å²) in [6.45, 7) is 0.720. The maximum Gasteiger partial charge on any atom is 0.274 e. The second kappa shape index (κ2) is 5.15. The molecule has 0 atom stereocenters. The zero-order valence-corrected chi connectivity index (χ0v) is 9.74. The van der Waals surface area contributed by atoms with Crippen LogP contribution in [0.4, 0.5) is 5.69 Å². The molecule has 0 aliphatic carbocycles. The highest BCUT2D eigenvalue weighted by Gasteiger charge is 2.03. The number of nitrogens with one attached hydrogen (secondary N) is 1. The van der Waals surface area contributed by atoms with Crippen LogP contribution in [0.3, 0.4) is 0 Å². The Morgan fingerprint density at radius 2 is 1.94 bits per heavy atom. The van der Waals surface area contributed by atoms with Gasteiger partial charge in [-0.25, -0.2) is 9.86 Å². The van der Waals surface area contributed by atoms with Gasteiger partial charge >= 0.3 is 0 Å². The van der Waals surface area contributed by atoms with Gasteiger partial charge in [-0.05, 0) is 24.3 Å². The van der Waals surface area contributed by atoms with E-state index in [9.17, 15) is 8.42 Å². The first-order chi connectivity index (χ1) is 7.38. The minimum Gasteiger partial charge on any atom is -0.508 e. The number of anilines is 1. The SMILES string of the molecule is CN(CCNS(N)(=O)=O)c1ccc(O)cc1. The van der Waals surface area contributed by atoms with Crippen LogP contribution in [-0.4, -0.2) is 33.7 Å². The maximum atomic E-state index is 10.6. The Morgan fingerprint density at radius 3 is 2.44 bits per heavy atom. The zero-order chi connectivity index (χ0) is 12.2. The molecule has 1 rings (SSSR count). The summed E-state index contributed by atoms with van der Waals surface area (Å²) in [6.07, 6.45) is 0. The van der Waals surface area contributed by atoms with Crippen molar-refractivity contribution in [3.63, 3.8) is 0 Å². The molecular formula is C9H15N3O3S. The summed E-state index contributed by atoms with van der Waals surface area (Å²) in [5.41, 5.74) is 0.883. The van der Waals surface area contributed by atoms with Crippen LogP contribution in [-0.2, 0) is 10.2 Å². The normalized spacial score (nSPS) is 11.4. The number of hydrogen-bond donors (Lipinski definition) is 3. The predicted molar refractivity (Wildman–Crippen MR) is 62.5 cm³/mol. The molecule has 0 aliphatic heterocycles. The molecular weight excluding hydrogens is 230 g/mol. The van der Waals surface area contributed by atoms with E-state index in [1.807, 2.05) is 11.9 Å². The van der Waals surface area contributed by atoms with Crippen molar-refractivity contribution in [3.8, 4) is 5.75 Å². The molecule has 90 valence electrons. The number of nitrogens with two attached hydrogens (primary N) is 1. The van der Waals surface area contributed by atoms with Crippen molar-refractivity contribution in [3.05, 3.63) is 24.3 Å². The van der Waals surface area contributed by atoms with Gasteiger partial charge in [-0.2, -0.15) is 8.42 Å². The van der Waals surface area contributed by atoms with Crippen LogP contribution in [0.5, 0.6) is 5.75 Å². The molecule has 1 aromatic carbocycles. The van der Waals surface area contributed by atoms with E-state index >= 15 is 0 Å². The largest absolute Gasteiger partial charge is 0.508 e. The first-order valence-corrected chi connectivity index (χ1v) is 6.21. The lowest BCUT2D eigenvalue weighted by Gasteiger charge is -2.19. The van der Waals surface area contributed by atoms with E-state index < -0.39 is 10.2 Å². The van der Waals surface area contributed by atoms with Crippen LogP contribution < -0.4 is 14.8 Å². The van der Waals surface area contributed by atoms with Crippen molar-refractivity contribution >= 4 is 15.9 Å². The van der Waals surface area contributed by atoms with Gasteiger partial charge in [0, 0.05) is 25.8 Å². The Hall–Kier alpha value is -1.31. The number of phenolic OH excluding ortho intramolecular Hbond substituents is 1. The zero-order valence-electron chi connectivity index (χ0n) is 8.92. The van der Waals surface area contributed by atoms with Crippen LogP contribution in [0, 0.1) is 0 Å². The molecule has 0 fully saturated rings. The van der Waals surface area contributed by atoms with E-state index in [-0.39, 0.29) is 12.3 Å². The van der Waals surface area contributed by atoms with Gasteiger partial charge in [0.15, 0.2) is 0 Å². The first-order valence-electron chi connectivity index (χ1n) is 4.66. The smallest absolute Gasteiger partial charge is 0.274 e. The number of nitrogens with zero attached hydrogens (tertiary/aromatic N) is 1. The molecule has 0 spiro atoms. The van der Waals surface area contributed by atoms with Crippen molar-refractivity contribution < 1.29 is 13.5 Å². The van der Waals surface area contributed by atoms with Gasteiger partial charge in [-0.15, -0.1) is 0 Å². The second-order valence-electron chi connectivity index (χ2n) is 3.38. The fourth-order valence-electron chi connectivity index (χ4n) is 1.19. The number of benzene rings is 1. The third-order valence-electron chi connectivity index (χ3n) is 2.04. The molecule has 7 heteroatoms. The third kappa shape index (κ3) is 4.47. The number of rotatable bonds is 5. The van der Waals surface area contributed by atoms with Gasteiger partial charge in [0.05, 0.1) is 0 Å². The van der Waals surface area contributed by atoms with Crippen LogP contribution in [0.2, 0.25) is 0 Å². The number of hydrogen-bond acceptors (Lipinski definition) is 4. The molecule has 0 amide bonds. The van der Waals surface area contributed by atoms with Gasteiger partial charge in [-0.3, -0.25) is 0 Å². The molecule has 0 heterocycles. The molecule has 0 aliphatic rings. The Balaban J connectivity index is 2.47. The van der Waals surface area contributed by atoms with Crippen LogP contribution in [0.25, 0.3) is 0 Å². The van der Waals surface area contributed by atoms with Crippen molar-refractivity contribution in [2.45, 2.75) is 0 Å². The third-order valence-corrected chi connectivity index (χ3v) is 2.65. The molecule has 4 N–H and O–H groups in total. The lowest BCUT2D eigenvalue weighted by atomic mass is 10.3. The molecule has 0 unspecified atom stereocenters. The maximum absolute atomic E-state index is 10.6. The molecule has 0 saturated carbocycles. The van der Waals surface area contributed by atoms with Crippen LogP contribution in [0.1, 0.15) is 0 Å². The van der Waals surface area contributed by atoms with Crippen LogP contribution >= 0.6 is 0 Å². The summed E-state index contributed by atoms with van der Waals surface area (Å²) >= 11 is 0. The Bertz CT molecular complexity index is 430. The van der Waals surface area contributed by atoms with Gasteiger partial charge in [-0.1, -0.05) is 0 Å². The number of phenols is 1. The molecule has 0 radical (unpaired) electrons. The lowest BCUT2D eigenvalue weighted by Crippen LogP contribution is -2.36. The summed E-state index contributed by atoms with van der Waals surface area (Å²) in [5, 5.41) is 13.9. The topological polar surface area (TPSA) is 95.7 Å². The molecule has 1 aromatic rings. The van der Waals surface area contributed by atoms with Gasteiger partial charge < -0.3 is 10.0 Å². The van der Waals surface area contributed by atoms with E-state index in [0.29, 0.717) is 6.54 Å².